The molecule has 0 saturated heterocycles. The maximum absolute atomic E-state index is 12.3. The van der Waals surface area contributed by atoms with E-state index in [0.29, 0.717) is 11.3 Å². The first-order chi connectivity index (χ1) is 12.2. The van der Waals surface area contributed by atoms with Crippen molar-refractivity contribution in [2.75, 3.05) is 18.2 Å². The lowest BCUT2D eigenvalue weighted by Gasteiger charge is -2.07. The third-order valence-corrected chi connectivity index (χ3v) is 5.04. The van der Waals surface area contributed by atoms with Crippen LogP contribution < -0.4 is 10.1 Å². The highest BCUT2D eigenvalue weighted by Crippen LogP contribution is 2.29. The number of thioether (sulfide) groups is 1. The van der Waals surface area contributed by atoms with Gasteiger partial charge in [0.05, 0.1) is 12.8 Å². The van der Waals surface area contributed by atoms with Crippen molar-refractivity contribution >= 4 is 23.4 Å². The number of fused-ring (bicyclic) bond motifs is 1. The van der Waals surface area contributed by atoms with E-state index in [1.165, 1.54) is 0 Å². The smallest absolute Gasteiger partial charge is 0.255 e. The molecule has 1 aliphatic heterocycles. The zero-order valence-corrected chi connectivity index (χ0v) is 14.5. The van der Waals surface area contributed by atoms with Crippen molar-refractivity contribution in [3.63, 3.8) is 0 Å². The zero-order valence-electron chi connectivity index (χ0n) is 13.7. The number of rotatable bonds is 4. The van der Waals surface area contributed by atoms with Crippen LogP contribution in [0.4, 0.5) is 5.69 Å². The fourth-order valence-corrected chi connectivity index (χ4v) is 3.68. The molecule has 0 aliphatic carbocycles. The van der Waals surface area contributed by atoms with Gasteiger partial charge in [0.1, 0.15) is 5.75 Å². The van der Waals surface area contributed by atoms with Crippen LogP contribution in [0, 0.1) is 0 Å². The van der Waals surface area contributed by atoms with E-state index in [1.807, 2.05) is 30.3 Å². The van der Waals surface area contributed by atoms with Crippen molar-refractivity contribution < 1.29 is 9.53 Å². The number of methoxy groups -OCH3 is 1. The molecule has 0 unspecified atom stereocenters. The molecule has 1 aromatic heterocycles. The van der Waals surface area contributed by atoms with Crippen LogP contribution >= 0.6 is 11.8 Å². The number of aryl methyl sites for hydroxylation is 1. The number of carbonyl (C=O) groups is 1. The minimum atomic E-state index is -0.163. The predicted octanol–water partition coefficient (Wildman–Crippen LogP) is 3.92. The summed E-state index contributed by atoms with van der Waals surface area (Å²) < 4.78 is 7.33. The standard InChI is InChI=1S/C19H17N3O2S/c1-24-16-4-2-3-14(11-16)18(23)20-15-7-5-13(6-8-15)17-12-22-9-10-25-19(22)21-17/h2-8,11-12H,9-10H2,1H3,(H,20,23). The van der Waals surface area contributed by atoms with E-state index in [-0.39, 0.29) is 5.91 Å². The predicted molar refractivity (Wildman–Crippen MR) is 99.3 cm³/mol. The number of anilines is 1. The first-order valence-corrected chi connectivity index (χ1v) is 8.97. The minimum absolute atomic E-state index is 0.163. The topological polar surface area (TPSA) is 56.1 Å². The number of amides is 1. The van der Waals surface area contributed by atoms with Gasteiger partial charge in [0, 0.05) is 35.3 Å². The molecule has 6 heteroatoms. The first kappa shape index (κ1) is 15.8. The molecule has 0 fully saturated rings. The molecule has 1 aliphatic rings. The second kappa shape index (κ2) is 6.64. The van der Waals surface area contributed by atoms with Crippen LogP contribution in [0.25, 0.3) is 11.3 Å². The van der Waals surface area contributed by atoms with Gasteiger partial charge in [0.25, 0.3) is 5.91 Å². The molecule has 0 radical (unpaired) electrons. The number of hydrogen-bond donors (Lipinski definition) is 1. The van der Waals surface area contributed by atoms with Crippen LogP contribution in [0.1, 0.15) is 10.4 Å². The Hall–Kier alpha value is -2.73. The number of nitrogens with zero attached hydrogens (tertiary/aromatic N) is 2. The number of hydrogen-bond acceptors (Lipinski definition) is 4. The fourth-order valence-electron chi connectivity index (χ4n) is 2.74. The molecule has 1 N–H and O–H groups in total. The summed E-state index contributed by atoms with van der Waals surface area (Å²) in [5.41, 5.74) is 3.32. The Kier molecular flexibility index (Phi) is 4.19. The molecular formula is C19H17N3O2S. The van der Waals surface area contributed by atoms with E-state index in [1.54, 1.807) is 37.1 Å². The number of nitrogens with one attached hydrogen (secondary N) is 1. The van der Waals surface area contributed by atoms with E-state index >= 15 is 0 Å². The van der Waals surface area contributed by atoms with Crippen LogP contribution in [0.3, 0.4) is 0 Å². The highest BCUT2D eigenvalue weighted by molar-refractivity contribution is 7.99. The van der Waals surface area contributed by atoms with Crippen LogP contribution in [-0.4, -0.2) is 28.3 Å². The van der Waals surface area contributed by atoms with Crippen molar-refractivity contribution in [1.82, 2.24) is 9.55 Å². The van der Waals surface area contributed by atoms with Gasteiger partial charge in [-0.05, 0) is 30.3 Å². The third kappa shape index (κ3) is 3.25. The molecule has 0 saturated carbocycles. The molecule has 25 heavy (non-hydrogen) atoms. The SMILES string of the molecule is COc1cccc(C(=O)Nc2ccc(-c3cn4c(n3)SCC4)cc2)c1. The lowest BCUT2D eigenvalue weighted by atomic mass is 10.1. The van der Waals surface area contributed by atoms with Crippen LogP contribution in [-0.2, 0) is 6.54 Å². The summed E-state index contributed by atoms with van der Waals surface area (Å²) in [4.78, 5) is 17.0. The van der Waals surface area contributed by atoms with Crippen molar-refractivity contribution in [2.45, 2.75) is 11.7 Å². The highest BCUT2D eigenvalue weighted by atomic mass is 32.2. The second-order valence-electron chi connectivity index (χ2n) is 5.71. The number of ether oxygens (including phenoxy) is 1. The lowest BCUT2D eigenvalue weighted by Crippen LogP contribution is -2.11. The summed E-state index contributed by atoms with van der Waals surface area (Å²) in [7, 11) is 1.58. The average molecular weight is 351 g/mol. The Morgan fingerprint density at radius 3 is 2.84 bits per heavy atom. The summed E-state index contributed by atoms with van der Waals surface area (Å²) in [6.45, 7) is 1.02. The molecule has 0 atom stereocenters. The molecule has 5 nitrogen and oxygen atoms in total. The van der Waals surface area contributed by atoms with Crippen LogP contribution in [0.15, 0.2) is 59.9 Å². The van der Waals surface area contributed by atoms with E-state index in [0.717, 1.165) is 34.4 Å². The van der Waals surface area contributed by atoms with Crippen molar-refractivity contribution in [1.29, 1.82) is 0 Å². The summed E-state index contributed by atoms with van der Waals surface area (Å²) >= 11 is 1.78. The summed E-state index contributed by atoms with van der Waals surface area (Å²) in [6.07, 6.45) is 2.08. The molecule has 2 heterocycles. The molecule has 0 spiro atoms. The van der Waals surface area contributed by atoms with Crippen molar-refractivity contribution in [3.05, 3.63) is 60.3 Å². The van der Waals surface area contributed by atoms with Gasteiger partial charge in [-0.1, -0.05) is 30.0 Å². The van der Waals surface area contributed by atoms with E-state index in [4.69, 9.17) is 4.74 Å². The maximum Gasteiger partial charge on any atom is 0.255 e. The quantitative estimate of drug-likeness (QED) is 0.774. The Bertz CT molecular complexity index is 897. The Morgan fingerprint density at radius 1 is 1.24 bits per heavy atom. The molecule has 2 aromatic carbocycles. The van der Waals surface area contributed by atoms with E-state index in [9.17, 15) is 4.79 Å². The number of aromatic nitrogens is 2. The van der Waals surface area contributed by atoms with Gasteiger partial charge in [-0.2, -0.15) is 0 Å². The average Bonchev–Trinajstić information content (AvgIpc) is 3.24. The first-order valence-electron chi connectivity index (χ1n) is 7.99. The molecule has 1 amide bonds. The normalized spacial score (nSPS) is 12.7. The van der Waals surface area contributed by atoms with Gasteiger partial charge in [0.15, 0.2) is 5.16 Å². The van der Waals surface area contributed by atoms with Gasteiger partial charge < -0.3 is 14.6 Å². The van der Waals surface area contributed by atoms with Gasteiger partial charge in [-0.3, -0.25) is 4.79 Å². The Morgan fingerprint density at radius 2 is 2.08 bits per heavy atom. The number of benzene rings is 2. The highest BCUT2D eigenvalue weighted by Gasteiger charge is 2.15. The number of carbonyl (C=O) groups excluding carboxylic acids is 1. The molecule has 126 valence electrons. The van der Waals surface area contributed by atoms with Crippen molar-refractivity contribution in [3.8, 4) is 17.0 Å². The summed E-state index contributed by atoms with van der Waals surface area (Å²) in [6, 6.07) is 14.8. The van der Waals surface area contributed by atoms with Crippen LogP contribution in [0.2, 0.25) is 0 Å². The zero-order chi connectivity index (χ0) is 17.2. The lowest BCUT2D eigenvalue weighted by molar-refractivity contribution is 0.102. The van der Waals surface area contributed by atoms with Gasteiger partial charge >= 0.3 is 0 Å². The van der Waals surface area contributed by atoms with E-state index in [2.05, 4.69) is 21.1 Å². The minimum Gasteiger partial charge on any atom is -0.497 e. The van der Waals surface area contributed by atoms with Crippen LogP contribution in [0.5, 0.6) is 5.75 Å². The molecular weight excluding hydrogens is 334 g/mol. The Balaban J connectivity index is 1.49. The second-order valence-corrected chi connectivity index (χ2v) is 6.78. The molecule has 4 rings (SSSR count). The maximum atomic E-state index is 12.3. The van der Waals surface area contributed by atoms with Gasteiger partial charge in [-0.25, -0.2) is 4.98 Å². The largest absolute Gasteiger partial charge is 0.497 e. The molecule has 3 aromatic rings. The number of imidazole rings is 1. The van der Waals surface area contributed by atoms with E-state index < -0.39 is 0 Å². The Labute approximate surface area is 150 Å². The van der Waals surface area contributed by atoms with Gasteiger partial charge in [0.2, 0.25) is 0 Å². The van der Waals surface area contributed by atoms with Crippen molar-refractivity contribution in [2.24, 2.45) is 0 Å². The molecule has 0 bridgehead atoms. The third-order valence-electron chi connectivity index (χ3n) is 4.07. The monoisotopic (exact) mass is 351 g/mol. The summed E-state index contributed by atoms with van der Waals surface area (Å²) in [5.74, 6) is 1.59. The summed E-state index contributed by atoms with van der Waals surface area (Å²) in [5, 5.41) is 3.98. The fraction of sp³-hybridized carbons (Fsp3) is 0.158. The van der Waals surface area contributed by atoms with Gasteiger partial charge in [-0.15, -0.1) is 0 Å².